The second kappa shape index (κ2) is 7.96. The van der Waals surface area contributed by atoms with E-state index in [1.165, 1.54) is 0 Å². The van der Waals surface area contributed by atoms with Crippen molar-refractivity contribution in [3.05, 3.63) is 74.0 Å². The van der Waals surface area contributed by atoms with E-state index >= 15 is 0 Å². The molecule has 4 aromatic rings. The summed E-state index contributed by atoms with van der Waals surface area (Å²) in [4.78, 5) is 41.6. The molecular weight excluding hydrogens is 432 g/mol. The predicted molar refractivity (Wildman–Crippen MR) is 123 cm³/mol. The first kappa shape index (κ1) is 20.5. The number of aromatic nitrogens is 3. The van der Waals surface area contributed by atoms with Crippen LogP contribution in [0.4, 0.5) is 0 Å². The van der Waals surface area contributed by atoms with Gasteiger partial charge in [0.1, 0.15) is 0 Å². The highest BCUT2D eigenvalue weighted by Crippen LogP contribution is 2.32. The topological polar surface area (TPSA) is 109 Å². The van der Waals surface area contributed by atoms with Gasteiger partial charge in [0.15, 0.2) is 5.69 Å². The first-order valence-electron chi connectivity index (χ1n) is 10.5. The molecule has 0 spiro atoms. The second-order valence-electron chi connectivity index (χ2n) is 8.08. The number of aromatic amines is 1. The van der Waals surface area contributed by atoms with Gasteiger partial charge >= 0.3 is 11.7 Å². The summed E-state index contributed by atoms with van der Waals surface area (Å²) in [6.07, 6.45) is 1.83. The minimum absolute atomic E-state index is 0.0425. The van der Waals surface area contributed by atoms with Crippen LogP contribution in [0.25, 0.3) is 27.5 Å². The number of piperidine rings is 1. The second-order valence-corrected chi connectivity index (χ2v) is 8.52. The lowest BCUT2D eigenvalue weighted by Gasteiger charge is -2.24. The number of carboxylic acid groups (broad SMARTS) is 1. The summed E-state index contributed by atoms with van der Waals surface area (Å²) in [5, 5.41) is 14.7. The molecule has 9 heteroatoms. The zero-order valence-corrected chi connectivity index (χ0v) is 17.9. The van der Waals surface area contributed by atoms with Crippen LogP contribution in [-0.4, -0.2) is 38.3 Å². The molecule has 1 aliphatic rings. The van der Waals surface area contributed by atoms with Crippen LogP contribution in [-0.2, 0) is 6.54 Å². The molecule has 2 aromatic heterocycles. The van der Waals surface area contributed by atoms with Crippen molar-refractivity contribution in [1.82, 2.24) is 19.4 Å². The third-order valence-electron chi connectivity index (χ3n) is 6.13. The van der Waals surface area contributed by atoms with Gasteiger partial charge in [0.2, 0.25) is 0 Å². The van der Waals surface area contributed by atoms with E-state index in [-0.39, 0.29) is 17.3 Å². The molecule has 2 aromatic carbocycles. The maximum Gasteiger partial charge on any atom is 0.354 e. The molecule has 0 atom stereocenters. The minimum Gasteiger partial charge on any atom is -0.477 e. The summed E-state index contributed by atoms with van der Waals surface area (Å²) in [6, 6.07) is 11.7. The molecule has 0 radical (unpaired) electrons. The van der Waals surface area contributed by atoms with Gasteiger partial charge in [0.25, 0.3) is 5.56 Å². The van der Waals surface area contributed by atoms with Gasteiger partial charge in [-0.3, -0.25) is 4.79 Å². The van der Waals surface area contributed by atoms with Crippen molar-refractivity contribution < 1.29 is 9.90 Å². The first-order chi connectivity index (χ1) is 15.5. The van der Waals surface area contributed by atoms with Crippen molar-refractivity contribution in [2.45, 2.75) is 19.4 Å². The van der Waals surface area contributed by atoms with Crippen LogP contribution in [0.1, 0.15) is 23.3 Å². The van der Waals surface area contributed by atoms with E-state index in [1.807, 2.05) is 0 Å². The molecule has 3 N–H and O–H groups in total. The van der Waals surface area contributed by atoms with Gasteiger partial charge < -0.3 is 20.0 Å². The fourth-order valence-corrected chi connectivity index (χ4v) is 4.80. The summed E-state index contributed by atoms with van der Waals surface area (Å²) in [6.45, 7) is 2.21. The van der Waals surface area contributed by atoms with Crippen molar-refractivity contribution in [3.8, 4) is 5.69 Å². The van der Waals surface area contributed by atoms with Crippen LogP contribution in [0.2, 0.25) is 5.02 Å². The van der Waals surface area contributed by atoms with Gasteiger partial charge in [-0.1, -0.05) is 23.7 Å². The smallest absolute Gasteiger partial charge is 0.354 e. The fraction of sp³-hybridized carbons (Fsp3) is 0.261. The number of halogens is 1. The number of para-hydroxylation sites is 1. The average molecular weight is 453 g/mol. The van der Waals surface area contributed by atoms with Gasteiger partial charge in [0.05, 0.1) is 22.1 Å². The van der Waals surface area contributed by atoms with Crippen LogP contribution in [0, 0.1) is 5.92 Å². The average Bonchev–Trinajstić information content (AvgIpc) is 3.08. The lowest BCUT2D eigenvalue weighted by molar-refractivity contribution is 0.0684. The lowest BCUT2D eigenvalue weighted by atomic mass is 9.98. The first-order valence-corrected chi connectivity index (χ1v) is 10.8. The molecule has 0 saturated carbocycles. The Kier molecular flexibility index (Phi) is 5.11. The monoisotopic (exact) mass is 452 g/mol. The predicted octanol–water partition coefficient (Wildman–Crippen LogP) is 2.98. The van der Waals surface area contributed by atoms with Crippen LogP contribution < -0.4 is 16.6 Å². The van der Waals surface area contributed by atoms with Crippen LogP contribution in [0.3, 0.4) is 0 Å². The summed E-state index contributed by atoms with van der Waals surface area (Å²) in [5.41, 5.74) is -0.304. The van der Waals surface area contributed by atoms with E-state index < -0.39 is 17.2 Å². The SMILES string of the molecule is O=C(O)c1c(-n2c(=O)[nH]c3ccccc3c2=O)c2cc(Cl)ccc2n1CC1CCNCC1. The molecule has 5 rings (SSSR count). The molecule has 0 aliphatic carbocycles. The zero-order chi connectivity index (χ0) is 22.4. The number of hydrogen-bond donors (Lipinski definition) is 3. The zero-order valence-electron chi connectivity index (χ0n) is 17.1. The molecular formula is C23H21ClN4O4. The third-order valence-corrected chi connectivity index (χ3v) is 6.36. The molecule has 1 aliphatic heterocycles. The van der Waals surface area contributed by atoms with Crippen molar-refractivity contribution in [3.63, 3.8) is 0 Å². The quantitative estimate of drug-likeness (QED) is 0.441. The van der Waals surface area contributed by atoms with Crippen LogP contribution in [0.15, 0.2) is 52.1 Å². The molecule has 32 heavy (non-hydrogen) atoms. The number of nitrogens with one attached hydrogen (secondary N) is 2. The van der Waals surface area contributed by atoms with E-state index in [4.69, 9.17) is 11.6 Å². The van der Waals surface area contributed by atoms with Gasteiger partial charge in [-0.2, -0.15) is 0 Å². The molecule has 0 unspecified atom stereocenters. The van der Waals surface area contributed by atoms with Crippen molar-refractivity contribution in [2.24, 2.45) is 5.92 Å². The molecule has 8 nitrogen and oxygen atoms in total. The van der Waals surface area contributed by atoms with Gasteiger partial charge in [-0.15, -0.1) is 0 Å². The largest absolute Gasteiger partial charge is 0.477 e. The standard InChI is InChI=1S/C23H21ClN4O4/c24-14-5-6-18-16(11-14)19(20(22(30)31)27(18)12-13-7-9-25-10-8-13)28-21(29)15-3-1-2-4-17(15)26-23(28)32/h1-6,11,13,25H,7-10,12H2,(H,26,32)(H,30,31). The number of aromatic carboxylic acids is 1. The van der Waals surface area contributed by atoms with Crippen molar-refractivity contribution in [2.75, 3.05) is 13.1 Å². The molecule has 3 heterocycles. The highest BCUT2D eigenvalue weighted by atomic mass is 35.5. The number of rotatable bonds is 4. The third kappa shape index (κ3) is 3.32. The summed E-state index contributed by atoms with van der Waals surface area (Å²) in [5.74, 6) is -0.930. The van der Waals surface area contributed by atoms with E-state index in [1.54, 1.807) is 47.0 Å². The Hall–Kier alpha value is -3.36. The Balaban J connectivity index is 1.86. The van der Waals surface area contributed by atoms with E-state index in [2.05, 4.69) is 10.3 Å². The van der Waals surface area contributed by atoms with Gasteiger partial charge in [-0.25, -0.2) is 14.2 Å². The Morgan fingerprint density at radius 1 is 1.09 bits per heavy atom. The number of carbonyl (C=O) groups is 1. The molecule has 1 fully saturated rings. The number of carboxylic acids is 1. The summed E-state index contributed by atoms with van der Waals surface area (Å²) < 4.78 is 2.63. The molecule has 164 valence electrons. The minimum atomic E-state index is -1.21. The number of benzene rings is 2. The Labute approximate surface area is 187 Å². The molecule has 0 amide bonds. The number of H-pyrrole nitrogens is 1. The Morgan fingerprint density at radius 3 is 2.59 bits per heavy atom. The molecule has 0 bridgehead atoms. The Morgan fingerprint density at radius 2 is 1.84 bits per heavy atom. The highest BCUT2D eigenvalue weighted by Gasteiger charge is 2.28. The van der Waals surface area contributed by atoms with E-state index in [9.17, 15) is 19.5 Å². The number of hydrogen-bond acceptors (Lipinski definition) is 4. The number of nitrogens with zero attached hydrogens (tertiary/aromatic N) is 2. The maximum absolute atomic E-state index is 13.4. The summed E-state index contributed by atoms with van der Waals surface area (Å²) >= 11 is 6.25. The highest BCUT2D eigenvalue weighted by molar-refractivity contribution is 6.31. The Bertz CT molecular complexity index is 1480. The van der Waals surface area contributed by atoms with Crippen LogP contribution >= 0.6 is 11.6 Å². The normalized spacial score (nSPS) is 14.9. The van der Waals surface area contributed by atoms with Crippen molar-refractivity contribution in [1.29, 1.82) is 0 Å². The lowest BCUT2D eigenvalue weighted by Crippen LogP contribution is -2.35. The van der Waals surface area contributed by atoms with Crippen LogP contribution in [0.5, 0.6) is 0 Å². The van der Waals surface area contributed by atoms with Gasteiger partial charge in [0, 0.05) is 17.0 Å². The van der Waals surface area contributed by atoms with Gasteiger partial charge in [-0.05, 0) is 62.2 Å². The van der Waals surface area contributed by atoms with E-state index in [0.717, 1.165) is 30.5 Å². The summed E-state index contributed by atoms with van der Waals surface area (Å²) in [7, 11) is 0. The number of fused-ring (bicyclic) bond motifs is 2. The van der Waals surface area contributed by atoms with E-state index in [0.29, 0.717) is 33.4 Å². The fourth-order valence-electron chi connectivity index (χ4n) is 4.63. The molecule has 1 saturated heterocycles. The van der Waals surface area contributed by atoms with Crippen molar-refractivity contribution >= 4 is 39.4 Å². The maximum atomic E-state index is 13.4.